The predicted molar refractivity (Wildman–Crippen MR) is 70.4 cm³/mol. The van der Waals surface area contributed by atoms with Crippen LogP contribution >= 0.6 is 0 Å². The zero-order chi connectivity index (χ0) is 13.1. The van der Waals surface area contributed by atoms with Gasteiger partial charge in [-0.05, 0) is 10.7 Å². The van der Waals surface area contributed by atoms with Crippen LogP contribution in [-0.4, -0.2) is 24.2 Å². The molecular weight excluding hydrogens is 228 g/mol. The van der Waals surface area contributed by atoms with Crippen LogP contribution in [0.4, 0.5) is 5.95 Å². The molecule has 1 heterocycles. The van der Waals surface area contributed by atoms with Crippen LogP contribution in [0.25, 0.3) is 0 Å². The van der Waals surface area contributed by atoms with Crippen molar-refractivity contribution in [2.24, 2.45) is 5.73 Å². The first-order chi connectivity index (χ1) is 8.59. The Bertz CT molecular complexity index is 495. The standard InChI is InChI=1S/C13H18N4O/c1-9(11(14)10-7-5-4-6-8-10)12-15-13(16-18-12)17(2)3/h4-9,11H,14H2,1-3H3. The molecule has 0 amide bonds. The highest BCUT2D eigenvalue weighted by atomic mass is 16.5. The number of anilines is 1. The molecule has 0 radical (unpaired) electrons. The van der Waals surface area contributed by atoms with Gasteiger partial charge in [-0.1, -0.05) is 37.3 Å². The second-order valence-corrected chi connectivity index (χ2v) is 4.55. The molecule has 0 aliphatic heterocycles. The first-order valence-electron chi connectivity index (χ1n) is 5.91. The highest BCUT2D eigenvalue weighted by Gasteiger charge is 2.22. The van der Waals surface area contributed by atoms with Crippen molar-refractivity contribution >= 4 is 5.95 Å². The minimum atomic E-state index is -0.151. The highest BCUT2D eigenvalue weighted by Crippen LogP contribution is 2.27. The first-order valence-corrected chi connectivity index (χ1v) is 5.91. The van der Waals surface area contributed by atoms with E-state index in [0.29, 0.717) is 11.8 Å². The molecular formula is C13H18N4O. The van der Waals surface area contributed by atoms with Gasteiger partial charge < -0.3 is 15.2 Å². The molecule has 1 aromatic heterocycles. The quantitative estimate of drug-likeness (QED) is 0.892. The highest BCUT2D eigenvalue weighted by molar-refractivity contribution is 5.26. The summed E-state index contributed by atoms with van der Waals surface area (Å²) in [6.45, 7) is 1.99. The van der Waals surface area contributed by atoms with Crippen molar-refractivity contribution in [1.29, 1.82) is 0 Å². The van der Waals surface area contributed by atoms with E-state index in [0.717, 1.165) is 5.56 Å². The number of benzene rings is 1. The van der Waals surface area contributed by atoms with Crippen molar-refractivity contribution in [2.75, 3.05) is 19.0 Å². The second kappa shape index (κ2) is 5.18. The molecule has 1 aromatic carbocycles. The van der Waals surface area contributed by atoms with Crippen LogP contribution in [0.15, 0.2) is 34.9 Å². The molecule has 5 heteroatoms. The zero-order valence-corrected chi connectivity index (χ0v) is 10.9. The molecule has 0 saturated heterocycles. The SMILES string of the molecule is CC(c1nc(N(C)C)no1)C(N)c1ccccc1. The molecule has 2 rings (SSSR count). The fourth-order valence-electron chi connectivity index (χ4n) is 1.71. The van der Waals surface area contributed by atoms with Crippen molar-refractivity contribution in [1.82, 2.24) is 10.1 Å². The Balaban J connectivity index is 2.17. The van der Waals surface area contributed by atoms with Crippen molar-refractivity contribution in [3.05, 3.63) is 41.8 Å². The molecule has 96 valence electrons. The van der Waals surface area contributed by atoms with Gasteiger partial charge in [0.05, 0.1) is 5.92 Å². The van der Waals surface area contributed by atoms with E-state index >= 15 is 0 Å². The molecule has 0 fully saturated rings. The molecule has 5 nitrogen and oxygen atoms in total. The Morgan fingerprint density at radius 2 is 1.89 bits per heavy atom. The fraction of sp³-hybridized carbons (Fsp3) is 0.385. The van der Waals surface area contributed by atoms with Crippen LogP contribution in [0, 0.1) is 0 Å². The molecule has 0 saturated carbocycles. The van der Waals surface area contributed by atoms with E-state index < -0.39 is 0 Å². The third kappa shape index (κ3) is 2.51. The minimum Gasteiger partial charge on any atom is -0.344 e. The smallest absolute Gasteiger partial charge is 0.265 e. The van der Waals surface area contributed by atoms with Crippen LogP contribution in [0.2, 0.25) is 0 Å². The van der Waals surface area contributed by atoms with Crippen LogP contribution in [0.3, 0.4) is 0 Å². The Labute approximate surface area is 107 Å². The fourth-order valence-corrected chi connectivity index (χ4v) is 1.71. The number of hydrogen-bond acceptors (Lipinski definition) is 5. The summed E-state index contributed by atoms with van der Waals surface area (Å²) >= 11 is 0. The van der Waals surface area contributed by atoms with Gasteiger partial charge in [-0.15, -0.1) is 0 Å². The Morgan fingerprint density at radius 3 is 2.44 bits per heavy atom. The number of nitrogens with two attached hydrogens (primary N) is 1. The summed E-state index contributed by atoms with van der Waals surface area (Å²) in [5.74, 6) is 1.11. The van der Waals surface area contributed by atoms with Crippen molar-refractivity contribution in [2.45, 2.75) is 18.9 Å². The third-order valence-corrected chi connectivity index (χ3v) is 2.94. The molecule has 2 atom stereocenters. The normalized spacial score (nSPS) is 14.2. The lowest BCUT2D eigenvalue weighted by Gasteiger charge is -2.16. The Hall–Kier alpha value is -1.88. The monoisotopic (exact) mass is 246 g/mol. The average Bonchev–Trinajstić information content (AvgIpc) is 2.88. The van der Waals surface area contributed by atoms with Gasteiger partial charge in [0.15, 0.2) is 0 Å². The van der Waals surface area contributed by atoms with Crippen LogP contribution in [0.5, 0.6) is 0 Å². The predicted octanol–water partition coefficient (Wildman–Crippen LogP) is 1.94. The van der Waals surface area contributed by atoms with Crippen molar-refractivity contribution < 1.29 is 4.52 Å². The van der Waals surface area contributed by atoms with Gasteiger partial charge in [0.25, 0.3) is 5.95 Å². The molecule has 0 aliphatic carbocycles. The maximum atomic E-state index is 6.21. The van der Waals surface area contributed by atoms with E-state index in [1.54, 1.807) is 4.90 Å². The molecule has 18 heavy (non-hydrogen) atoms. The van der Waals surface area contributed by atoms with E-state index in [9.17, 15) is 0 Å². The number of rotatable bonds is 4. The van der Waals surface area contributed by atoms with Crippen LogP contribution in [-0.2, 0) is 0 Å². The van der Waals surface area contributed by atoms with E-state index in [1.807, 2.05) is 51.4 Å². The van der Waals surface area contributed by atoms with Gasteiger partial charge in [-0.2, -0.15) is 4.98 Å². The van der Waals surface area contributed by atoms with Crippen LogP contribution < -0.4 is 10.6 Å². The lowest BCUT2D eigenvalue weighted by molar-refractivity contribution is 0.343. The molecule has 0 spiro atoms. The first kappa shape index (κ1) is 12.6. The van der Waals surface area contributed by atoms with E-state index in [2.05, 4.69) is 10.1 Å². The lowest BCUT2D eigenvalue weighted by atomic mass is 9.95. The summed E-state index contributed by atoms with van der Waals surface area (Å²) in [7, 11) is 3.74. The lowest BCUT2D eigenvalue weighted by Crippen LogP contribution is -2.18. The minimum absolute atomic E-state index is 0.0198. The summed E-state index contributed by atoms with van der Waals surface area (Å²) in [6.07, 6.45) is 0. The molecule has 2 aromatic rings. The van der Waals surface area contributed by atoms with E-state index in [-0.39, 0.29) is 12.0 Å². The maximum absolute atomic E-state index is 6.21. The summed E-state index contributed by atoms with van der Waals surface area (Å²) in [5.41, 5.74) is 7.28. The number of hydrogen-bond donors (Lipinski definition) is 1. The van der Waals surface area contributed by atoms with E-state index in [4.69, 9.17) is 10.3 Å². The summed E-state index contributed by atoms with van der Waals surface area (Å²) in [5, 5.41) is 3.90. The zero-order valence-electron chi connectivity index (χ0n) is 10.9. The number of aromatic nitrogens is 2. The van der Waals surface area contributed by atoms with Crippen molar-refractivity contribution in [3.8, 4) is 0 Å². The summed E-state index contributed by atoms with van der Waals surface area (Å²) < 4.78 is 5.25. The molecule has 2 unspecified atom stereocenters. The average molecular weight is 246 g/mol. The Kier molecular flexibility index (Phi) is 3.62. The van der Waals surface area contributed by atoms with Crippen molar-refractivity contribution in [3.63, 3.8) is 0 Å². The largest absolute Gasteiger partial charge is 0.344 e. The number of nitrogens with zero attached hydrogens (tertiary/aromatic N) is 3. The maximum Gasteiger partial charge on any atom is 0.265 e. The van der Waals surface area contributed by atoms with Gasteiger partial charge >= 0.3 is 0 Å². The Morgan fingerprint density at radius 1 is 1.22 bits per heavy atom. The molecule has 0 bridgehead atoms. The van der Waals surface area contributed by atoms with Crippen LogP contribution in [0.1, 0.15) is 30.3 Å². The summed E-state index contributed by atoms with van der Waals surface area (Å²) in [4.78, 5) is 6.12. The topological polar surface area (TPSA) is 68.2 Å². The van der Waals surface area contributed by atoms with Gasteiger partial charge in [-0.25, -0.2) is 0 Å². The second-order valence-electron chi connectivity index (χ2n) is 4.55. The summed E-state index contributed by atoms with van der Waals surface area (Å²) in [6, 6.07) is 9.77. The third-order valence-electron chi connectivity index (χ3n) is 2.94. The van der Waals surface area contributed by atoms with Gasteiger partial charge in [0.1, 0.15) is 0 Å². The molecule has 0 aliphatic rings. The van der Waals surface area contributed by atoms with Gasteiger partial charge in [0, 0.05) is 20.1 Å². The van der Waals surface area contributed by atoms with Gasteiger partial charge in [-0.3, -0.25) is 0 Å². The van der Waals surface area contributed by atoms with Gasteiger partial charge in [0.2, 0.25) is 5.89 Å². The van der Waals surface area contributed by atoms with E-state index in [1.165, 1.54) is 0 Å². The molecule has 2 N–H and O–H groups in total.